The maximum absolute atomic E-state index is 8.47. The van der Waals surface area contributed by atoms with Crippen LogP contribution in [0.3, 0.4) is 0 Å². The molecule has 1 rings (SSSR count). The third-order valence-electron chi connectivity index (χ3n) is 2.24. The fourth-order valence-electron chi connectivity index (χ4n) is 1.16. The Balaban J connectivity index is -0.0000000943. The predicted molar refractivity (Wildman–Crippen MR) is 67.8 cm³/mol. The van der Waals surface area contributed by atoms with Crippen LogP contribution in [-0.2, 0) is 28.1 Å². The average Bonchev–Trinajstić information content (AvgIpc) is 2.34. The Morgan fingerprint density at radius 3 is 1.61 bits per heavy atom. The Morgan fingerprint density at radius 1 is 1.28 bits per heavy atom. The molecule has 1 aliphatic rings. The van der Waals surface area contributed by atoms with Crippen LogP contribution < -0.4 is 24.8 Å². The summed E-state index contributed by atoms with van der Waals surface area (Å²) in [6, 6.07) is 0. The van der Waals surface area contributed by atoms with Crippen LogP contribution in [-0.4, -0.2) is 11.8 Å². The SMILES string of the molecule is CC1=[C-]C(C)C(C)=C1C.C[Si](C)=[Zr+2].[Cl-].[Cl-].[NH-]C=O. The summed E-state index contributed by atoms with van der Waals surface area (Å²) in [4.78, 5) is 8.47. The predicted octanol–water partition coefficient (Wildman–Crippen LogP) is -2.29. The second-order valence-corrected chi connectivity index (χ2v) is 13.3. The molecular weight excluding hydrogens is 364 g/mol. The van der Waals surface area contributed by atoms with Crippen LogP contribution in [0.15, 0.2) is 16.7 Å². The van der Waals surface area contributed by atoms with E-state index in [4.69, 9.17) is 10.5 Å². The first kappa shape index (κ1) is 27.1. The van der Waals surface area contributed by atoms with E-state index in [9.17, 15) is 0 Å². The van der Waals surface area contributed by atoms with Crippen molar-refractivity contribution in [2.24, 2.45) is 5.92 Å². The molecule has 1 N–H and O–H groups in total. The van der Waals surface area contributed by atoms with Gasteiger partial charge in [0.15, 0.2) is 0 Å². The van der Waals surface area contributed by atoms with Crippen LogP contribution in [0.5, 0.6) is 0 Å². The average molecular weight is 386 g/mol. The van der Waals surface area contributed by atoms with Crippen LogP contribution in [0.25, 0.3) is 5.73 Å². The molecule has 0 saturated heterocycles. The zero-order chi connectivity index (χ0) is 13.3. The van der Waals surface area contributed by atoms with Gasteiger partial charge >= 0.3 is 41.9 Å². The molecule has 18 heavy (non-hydrogen) atoms. The van der Waals surface area contributed by atoms with Gasteiger partial charge in [-0.1, -0.05) is 26.7 Å². The van der Waals surface area contributed by atoms with Crippen LogP contribution in [0.4, 0.5) is 0 Å². The zero-order valence-corrected chi connectivity index (χ0v) is 16.8. The number of hydrogen-bond acceptors (Lipinski definition) is 1. The van der Waals surface area contributed by atoms with Crippen molar-refractivity contribution in [3.8, 4) is 0 Å². The molecule has 0 fully saturated rings. The molecule has 0 spiro atoms. The number of carbonyl (C=O) groups is 1. The third kappa shape index (κ3) is 14.7. The van der Waals surface area contributed by atoms with E-state index in [1.165, 1.54) is 16.7 Å². The third-order valence-corrected chi connectivity index (χ3v) is 2.24. The minimum absolute atomic E-state index is 0. The van der Waals surface area contributed by atoms with Gasteiger partial charge in [-0.3, -0.25) is 6.08 Å². The molecule has 6 heteroatoms. The van der Waals surface area contributed by atoms with Gasteiger partial charge in [0.25, 0.3) is 0 Å². The van der Waals surface area contributed by atoms with Crippen LogP contribution >= 0.6 is 0 Å². The normalized spacial score (nSPS) is 15.8. The van der Waals surface area contributed by atoms with Crippen molar-refractivity contribution >= 4 is 11.8 Å². The first-order valence-electron chi connectivity index (χ1n) is 5.18. The summed E-state index contributed by atoms with van der Waals surface area (Å²) in [5.74, 6) is 0.560. The molecule has 0 aromatic carbocycles. The molecule has 0 radical (unpaired) electrons. The van der Waals surface area contributed by atoms with Crippen molar-refractivity contribution in [2.45, 2.75) is 40.8 Å². The van der Waals surface area contributed by atoms with Gasteiger partial charge in [-0.15, -0.1) is 6.92 Å². The van der Waals surface area contributed by atoms with Gasteiger partial charge in [0, 0.05) is 6.41 Å². The van der Waals surface area contributed by atoms with Gasteiger partial charge in [0.1, 0.15) is 0 Å². The van der Waals surface area contributed by atoms with Crippen LogP contribution in [0.2, 0.25) is 13.1 Å². The Hall–Kier alpha value is 0.630. The van der Waals surface area contributed by atoms with Crippen molar-refractivity contribution in [1.29, 1.82) is 0 Å². The number of hydrogen-bond donors (Lipinski definition) is 0. The summed E-state index contributed by atoms with van der Waals surface area (Å²) < 4.78 is 0. The molecule has 1 atom stereocenters. The van der Waals surface area contributed by atoms with E-state index in [1.54, 1.807) is 23.3 Å². The van der Waals surface area contributed by atoms with E-state index in [-0.39, 0.29) is 36.7 Å². The Bertz CT molecular complexity index is 313. The molecule has 0 aromatic heterocycles. The Labute approximate surface area is 139 Å². The molecule has 0 saturated carbocycles. The molecule has 0 bridgehead atoms. The van der Waals surface area contributed by atoms with Gasteiger partial charge in [-0.05, 0) is 0 Å². The summed E-state index contributed by atoms with van der Waals surface area (Å²) in [5.41, 5.74) is 9.98. The van der Waals surface area contributed by atoms with E-state index >= 15 is 0 Å². The van der Waals surface area contributed by atoms with Gasteiger partial charge < -0.3 is 35.3 Å². The summed E-state index contributed by atoms with van der Waals surface area (Å²) in [6.45, 7) is 13.3. The van der Waals surface area contributed by atoms with Gasteiger partial charge in [-0.2, -0.15) is 11.1 Å². The van der Waals surface area contributed by atoms with Crippen LogP contribution in [0.1, 0.15) is 27.7 Å². The maximum Gasteiger partial charge on any atom is 0.0344 e. The van der Waals surface area contributed by atoms with Crippen LogP contribution in [0, 0.1) is 12.0 Å². The molecule has 0 heterocycles. The Kier molecular flexibility index (Phi) is 23.6. The molecule has 2 nitrogen and oxygen atoms in total. The van der Waals surface area contributed by atoms with E-state index in [0.29, 0.717) is 5.92 Å². The number of nitrogens with one attached hydrogen (secondary N) is 1. The van der Waals surface area contributed by atoms with E-state index in [0.717, 1.165) is 0 Å². The number of halogens is 2. The summed E-state index contributed by atoms with van der Waals surface area (Å²) in [6.07, 6.45) is 3.36. The van der Waals surface area contributed by atoms with Gasteiger partial charge in [0.05, 0.1) is 0 Å². The minimum atomic E-state index is 0. The van der Waals surface area contributed by atoms with E-state index < -0.39 is 0 Å². The monoisotopic (exact) mass is 383 g/mol. The second-order valence-electron chi connectivity index (χ2n) is 3.92. The van der Waals surface area contributed by atoms with Crippen molar-refractivity contribution in [3.63, 3.8) is 0 Å². The Morgan fingerprint density at radius 2 is 1.56 bits per heavy atom. The fraction of sp³-hybridized carbons (Fsp3) is 0.583. The minimum Gasteiger partial charge on any atom is -1.00 e. The number of rotatable bonds is 0. The molecule has 1 amide bonds. The van der Waals surface area contributed by atoms with E-state index in [2.05, 4.69) is 46.9 Å². The standard InChI is InChI=1S/C9H13.C2H6Si.CH3NO.2ClH.Zr/c1-6-5-7(2)9(4)8(6)3;1-3-2;2-1-3;;;/h6H,1-4H3;1-2H3;1H,(H2,2,3);2*1H;/q-1;;;;;+2/p-3. The zero-order valence-electron chi connectivity index (χ0n) is 11.8. The van der Waals surface area contributed by atoms with Gasteiger partial charge in [0.2, 0.25) is 0 Å². The number of allylic oxidation sites excluding steroid dienone is 4. The largest absolute Gasteiger partial charge is 1.00 e. The molecule has 104 valence electrons. The van der Waals surface area contributed by atoms with Crippen molar-refractivity contribution < 1.29 is 52.9 Å². The maximum atomic E-state index is 8.47. The first-order chi connectivity index (χ1) is 7.27. The van der Waals surface area contributed by atoms with E-state index in [1.807, 2.05) is 0 Å². The summed E-state index contributed by atoms with van der Waals surface area (Å²) in [7, 11) is 0. The molecule has 0 aliphatic heterocycles. The quantitative estimate of drug-likeness (QED) is 0.263. The second kappa shape index (κ2) is 15.7. The number of carbonyl (C=O) groups excluding carboxylic acids is 1. The summed E-state index contributed by atoms with van der Waals surface area (Å²) in [5, 5.41) is 0. The van der Waals surface area contributed by atoms with Crippen molar-refractivity contribution in [2.75, 3.05) is 0 Å². The number of amides is 1. The van der Waals surface area contributed by atoms with Crippen molar-refractivity contribution in [3.05, 3.63) is 28.5 Å². The first-order valence-corrected chi connectivity index (χ1v) is 11.4. The molecule has 1 unspecified atom stereocenters. The molecule has 0 aromatic rings. The van der Waals surface area contributed by atoms with Gasteiger partial charge in [-0.25, -0.2) is 5.57 Å². The topological polar surface area (TPSA) is 40.9 Å². The molecule has 1 aliphatic carbocycles. The smallest absolute Gasteiger partial charge is 0.0344 e. The fourth-order valence-corrected chi connectivity index (χ4v) is 1.16. The summed E-state index contributed by atoms with van der Waals surface area (Å²) >= 11 is 1.74. The van der Waals surface area contributed by atoms with Crippen molar-refractivity contribution in [1.82, 2.24) is 0 Å². The molecular formula is C12H21Cl2NOSiZr-2.